The van der Waals surface area contributed by atoms with E-state index in [1.165, 1.54) is 17.2 Å². The molecule has 98 valence electrons. The highest BCUT2D eigenvalue weighted by Crippen LogP contribution is 2.25. The molecule has 5 nitrogen and oxygen atoms in total. The number of aryl methyl sites for hydroxylation is 1. The van der Waals surface area contributed by atoms with Gasteiger partial charge in [0.1, 0.15) is 5.69 Å². The highest BCUT2D eigenvalue weighted by molar-refractivity contribution is 5.65. The van der Waals surface area contributed by atoms with Crippen molar-refractivity contribution in [3.63, 3.8) is 0 Å². The summed E-state index contributed by atoms with van der Waals surface area (Å²) in [6, 6.07) is 12.7. The van der Waals surface area contributed by atoms with Crippen molar-refractivity contribution in [2.45, 2.75) is 13.5 Å². The van der Waals surface area contributed by atoms with Crippen molar-refractivity contribution in [1.82, 2.24) is 0 Å². The Morgan fingerprint density at radius 3 is 2.63 bits per heavy atom. The van der Waals surface area contributed by atoms with Gasteiger partial charge in [-0.1, -0.05) is 24.3 Å². The molecule has 0 saturated heterocycles. The van der Waals surface area contributed by atoms with E-state index in [1.54, 1.807) is 12.1 Å². The number of benzene rings is 2. The Labute approximate surface area is 111 Å². The van der Waals surface area contributed by atoms with Crippen LogP contribution >= 0.6 is 0 Å². The lowest BCUT2D eigenvalue weighted by Crippen LogP contribution is -2.02. The Morgan fingerprint density at radius 1 is 1.26 bits per heavy atom. The van der Waals surface area contributed by atoms with Crippen LogP contribution in [0.2, 0.25) is 0 Å². The summed E-state index contributed by atoms with van der Waals surface area (Å²) < 4.78 is 0. The first-order chi connectivity index (χ1) is 9.08. The van der Waals surface area contributed by atoms with E-state index in [0.717, 1.165) is 5.69 Å². The average molecular weight is 257 g/mol. The zero-order chi connectivity index (χ0) is 13.8. The van der Waals surface area contributed by atoms with Crippen LogP contribution in [-0.2, 0) is 6.54 Å². The number of nitro benzene ring substituents is 1. The van der Waals surface area contributed by atoms with Crippen LogP contribution in [0.25, 0.3) is 0 Å². The van der Waals surface area contributed by atoms with Crippen LogP contribution in [0.3, 0.4) is 0 Å². The van der Waals surface area contributed by atoms with E-state index in [-0.39, 0.29) is 11.4 Å². The minimum absolute atomic E-state index is 0.0681. The molecule has 2 aromatic rings. The van der Waals surface area contributed by atoms with Crippen LogP contribution in [0, 0.1) is 17.0 Å². The van der Waals surface area contributed by atoms with Crippen molar-refractivity contribution >= 4 is 17.1 Å². The number of anilines is 2. The summed E-state index contributed by atoms with van der Waals surface area (Å²) in [6.45, 7) is 2.70. The fourth-order valence-corrected chi connectivity index (χ4v) is 1.84. The normalized spacial score (nSPS) is 10.2. The SMILES string of the molecule is Cc1ccccc1CNc1ccc([N+](=O)[O-])c(N)c1. The summed E-state index contributed by atoms with van der Waals surface area (Å²) in [4.78, 5) is 10.2. The second-order valence-electron chi connectivity index (χ2n) is 4.31. The number of nitrogens with one attached hydrogen (secondary N) is 1. The third-order valence-electron chi connectivity index (χ3n) is 2.97. The molecule has 0 unspecified atom stereocenters. The third-order valence-corrected chi connectivity index (χ3v) is 2.97. The van der Waals surface area contributed by atoms with Crippen LogP contribution in [0.5, 0.6) is 0 Å². The fourth-order valence-electron chi connectivity index (χ4n) is 1.84. The van der Waals surface area contributed by atoms with Gasteiger partial charge in [0, 0.05) is 18.3 Å². The quantitative estimate of drug-likeness (QED) is 0.501. The van der Waals surface area contributed by atoms with Gasteiger partial charge in [0.15, 0.2) is 0 Å². The smallest absolute Gasteiger partial charge is 0.292 e. The van der Waals surface area contributed by atoms with Crippen molar-refractivity contribution in [3.05, 3.63) is 63.7 Å². The number of hydrogen-bond donors (Lipinski definition) is 2. The lowest BCUT2D eigenvalue weighted by Gasteiger charge is -2.09. The van der Waals surface area contributed by atoms with Crippen molar-refractivity contribution in [1.29, 1.82) is 0 Å². The summed E-state index contributed by atoms with van der Waals surface area (Å²) in [5, 5.41) is 13.9. The van der Waals surface area contributed by atoms with Gasteiger partial charge in [0.2, 0.25) is 0 Å². The molecule has 2 rings (SSSR count). The van der Waals surface area contributed by atoms with Crippen LogP contribution in [0.15, 0.2) is 42.5 Å². The summed E-state index contributed by atoms with van der Waals surface area (Å²) in [7, 11) is 0. The molecule has 0 atom stereocenters. The van der Waals surface area contributed by atoms with Gasteiger partial charge in [0.25, 0.3) is 5.69 Å². The van der Waals surface area contributed by atoms with E-state index < -0.39 is 4.92 Å². The van der Waals surface area contributed by atoms with Gasteiger partial charge < -0.3 is 11.1 Å². The molecular formula is C14H15N3O2. The number of rotatable bonds is 4. The van der Waals surface area contributed by atoms with E-state index in [1.807, 2.05) is 31.2 Å². The maximum Gasteiger partial charge on any atom is 0.292 e. The number of hydrogen-bond acceptors (Lipinski definition) is 4. The van der Waals surface area contributed by atoms with E-state index in [0.29, 0.717) is 6.54 Å². The monoisotopic (exact) mass is 257 g/mol. The second-order valence-corrected chi connectivity index (χ2v) is 4.31. The summed E-state index contributed by atoms with van der Waals surface area (Å²) in [5.41, 5.74) is 8.89. The lowest BCUT2D eigenvalue weighted by molar-refractivity contribution is -0.383. The molecule has 0 amide bonds. The standard InChI is InChI=1S/C14H15N3O2/c1-10-4-2-3-5-11(10)9-16-12-6-7-14(17(18)19)13(15)8-12/h2-8,16H,9,15H2,1H3. The molecule has 5 heteroatoms. The molecule has 0 aromatic heterocycles. The molecule has 2 aromatic carbocycles. The van der Waals surface area contributed by atoms with Crippen LogP contribution in [0.1, 0.15) is 11.1 Å². The first-order valence-electron chi connectivity index (χ1n) is 5.90. The first kappa shape index (κ1) is 12.9. The average Bonchev–Trinajstić information content (AvgIpc) is 2.37. The molecule has 0 aliphatic heterocycles. The van der Waals surface area contributed by atoms with Gasteiger partial charge in [-0.15, -0.1) is 0 Å². The molecule has 3 N–H and O–H groups in total. The predicted octanol–water partition coefficient (Wildman–Crippen LogP) is 3.10. The minimum Gasteiger partial charge on any atom is -0.393 e. The van der Waals surface area contributed by atoms with Gasteiger partial charge in [-0.2, -0.15) is 0 Å². The highest BCUT2D eigenvalue weighted by Gasteiger charge is 2.10. The molecule has 0 radical (unpaired) electrons. The Kier molecular flexibility index (Phi) is 3.66. The maximum atomic E-state index is 10.7. The molecule has 0 heterocycles. The molecule has 0 aliphatic carbocycles. The van der Waals surface area contributed by atoms with E-state index in [4.69, 9.17) is 5.73 Å². The predicted molar refractivity (Wildman–Crippen MR) is 76.0 cm³/mol. The van der Waals surface area contributed by atoms with Gasteiger partial charge in [-0.05, 0) is 30.2 Å². The molecule has 0 spiro atoms. The van der Waals surface area contributed by atoms with Crippen LogP contribution in [-0.4, -0.2) is 4.92 Å². The molecule has 0 bridgehead atoms. The Morgan fingerprint density at radius 2 is 2.00 bits per heavy atom. The summed E-state index contributed by atoms with van der Waals surface area (Å²) in [6.07, 6.45) is 0. The largest absolute Gasteiger partial charge is 0.393 e. The number of nitrogens with zero attached hydrogens (tertiary/aromatic N) is 1. The van der Waals surface area contributed by atoms with Gasteiger partial charge in [-0.3, -0.25) is 10.1 Å². The molecule has 19 heavy (non-hydrogen) atoms. The summed E-state index contributed by atoms with van der Waals surface area (Å²) in [5.74, 6) is 0. The van der Waals surface area contributed by atoms with Gasteiger partial charge >= 0.3 is 0 Å². The van der Waals surface area contributed by atoms with Crippen LogP contribution in [0.4, 0.5) is 17.1 Å². The number of nitrogen functional groups attached to an aromatic ring is 1. The molecule has 0 saturated carbocycles. The van der Waals surface area contributed by atoms with E-state index >= 15 is 0 Å². The molecule has 0 fully saturated rings. The van der Waals surface area contributed by atoms with E-state index in [2.05, 4.69) is 5.32 Å². The van der Waals surface area contributed by atoms with E-state index in [9.17, 15) is 10.1 Å². The number of nitro groups is 1. The highest BCUT2D eigenvalue weighted by atomic mass is 16.6. The fraction of sp³-hybridized carbons (Fsp3) is 0.143. The zero-order valence-electron chi connectivity index (χ0n) is 10.6. The Hall–Kier alpha value is -2.56. The van der Waals surface area contributed by atoms with Gasteiger partial charge in [0.05, 0.1) is 4.92 Å². The van der Waals surface area contributed by atoms with Crippen molar-refractivity contribution in [2.24, 2.45) is 0 Å². The third kappa shape index (κ3) is 3.01. The molecule has 0 aliphatic rings. The second kappa shape index (κ2) is 5.39. The van der Waals surface area contributed by atoms with Crippen molar-refractivity contribution in [3.8, 4) is 0 Å². The topological polar surface area (TPSA) is 81.2 Å². The zero-order valence-corrected chi connectivity index (χ0v) is 10.6. The van der Waals surface area contributed by atoms with Crippen LogP contribution < -0.4 is 11.1 Å². The summed E-state index contributed by atoms with van der Waals surface area (Å²) >= 11 is 0. The first-order valence-corrected chi connectivity index (χ1v) is 5.90. The Bertz CT molecular complexity index is 611. The lowest BCUT2D eigenvalue weighted by atomic mass is 10.1. The maximum absolute atomic E-state index is 10.7. The number of nitrogens with two attached hydrogens (primary N) is 1. The van der Waals surface area contributed by atoms with Gasteiger partial charge in [-0.25, -0.2) is 0 Å². The molecular weight excluding hydrogens is 242 g/mol. The minimum atomic E-state index is -0.486. The Balaban J connectivity index is 2.11. The van der Waals surface area contributed by atoms with Crippen molar-refractivity contribution < 1.29 is 4.92 Å². The van der Waals surface area contributed by atoms with Crippen molar-refractivity contribution in [2.75, 3.05) is 11.1 Å².